The average molecular weight is 280 g/mol. The Balaban J connectivity index is 2.12. The van der Waals surface area contributed by atoms with E-state index in [0.29, 0.717) is 12.1 Å². The molecule has 4 heteroatoms. The van der Waals surface area contributed by atoms with E-state index < -0.39 is 0 Å². The number of rotatable bonds is 3. The molecule has 0 atom stereocenters. The fraction of sp³-hybridized carbons (Fsp3) is 0.176. The Bertz CT molecular complexity index is 685. The van der Waals surface area contributed by atoms with E-state index in [-0.39, 0.29) is 12.5 Å². The van der Waals surface area contributed by atoms with Crippen LogP contribution in [0, 0.1) is 18.8 Å². The first-order valence-electron chi connectivity index (χ1n) is 6.63. The quantitative estimate of drug-likeness (QED) is 0.849. The zero-order chi connectivity index (χ0) is 15.1. The maximum absolute atomic E-state index is 12.0. The van der Waals surface area contributed by atoms with Gasteiger partial charge in [-0.25, -0.2) is 0 Å². The first-order chi connectivity index (χ1) is 10.2. The maximum Gasteiger partial charge on any atom is 0.274 e. The van der Waals surface area contributed by atoms with Crippen LogP contribution in [0.1, 0.15) is 28.0 Å². The Hall–Kier alpha value is -2.64. The van der Waals surface area contributed by atoms with Gasteiger partial charge in [0.2, 0.25) is 0 Å². The summed E-state index contributed by atoms with van der Waals surface area (Å²) in [5.74, 6) is 5.59. The molecule has 0 spiro atoms. The van der Waals surface area contributed by atoms with Crippen molar-refractivity contribution in [3.05, 3.63) is 59.4 Å². The van der Waals surface area contributed by atoms with Crippen LogP contribution in [-0.4, -0.2) is 22.6 Å². The van der Waals surface area contributed by atoms with Crippen LogP contribution >= 0.6 is 0 Å². The third kappa shape index (κ3) is 4.16. The first kappa shape index (κ1) is 14.8. The Kier molecular flexibility index (Phi) is 5.08. The van der Waals surface area contributed by atoms with Gasteiger partial charge in [-0.05, 0) is 42.8 Å². The number of hydrogen-bond acceptors (Lipinski definition) is 3. The summed E-state index contributed by atoms with van der Waals surface area (Å²) in [6, 6.07) is 10.8. The van der Waals surface area contributed by atoms with Gasteiger partial charge in [0.1, 0.15) is 5.69 Å². The van der Waals surface area contributed by atoms with E-state index in [1.54, 1.807) is 24.4 Å². The number of benzene rings is 1. The number of aromatic nitrogens is 1. The van der Waals surface area contributed by atoms with Gasteiger partial charge in [-0.3, -0.25) is 9.78 Å². The molecule has 2 rings (SSSR count). The summed E-state index contributed by atoms with van der Waals surface area (Å²) in [5.41, 5.74) is 2.90. The summed E-state index contributed by atoms with van der Waals surface area (Å²) in [6.07, 6.45) is 2.04. The summed E-state index contributed by atoms with van der Waals surface area (Å²) < 4.78 is 0. The standard InChI is InChI=1S/C17H16N2O2/c1-13-12-14(6-3-5-11-20)8-9-15(13)19-17(21)16-7-2-4-10-18-16/h2,4,7-10,12,20H,5,11H2,1H3,(H,19,21). The minimum absolute atomic E-state index is 0.0597. The Morgan fingerprint density at radius 1 is 1.33 bits per heavy atom. The summed E-state index contributed by atoms with van der Waals surface area (Å²) >= 11 is 0. The van der Waals surface area contributed by atoms with Crippen molar-refractivity contribution in [2.75, 3.05) is 11.9 Å². The maximum atomic E-state index is 12.0. The largest absolute Gasteiger partial charge is 0.395 e. The number of amides is 1. The molecule has 0 unspecified atom stereocenters. The van der Waals surface area contributed by atoms with Gasteiger partial charge in [0.25, 0.3) is 5.91 Å². The van der Waals surface area contributed by atoms with Crippen LogP contribution in [0.2, 0.25) is 0 Å². The number of carbonyl (C=O) groups is 1. The predicted molar refractivity (Wildman–Crippen MR) is 82.0 cm³/mol. The van der Waals surface area contributed by atoms with Crippen LogP contribution < -0.4 is 5.32 Å². The fourth-order valence-electron chi connectivity index (χ4n) is 1.79. The molecular weight excluding hydrogens is 264 g/mol. The van der Waals surface area contributed by atoms with Crippen molar-refractivity contribution in [1.29, 1.82) is 0 Å². The number of anilines is 1. The highest BCUT2D eigenvalue weighted by atomic mass is 16.2. The number of pyridine rings is 1. The molecule has 2 N–H and O–H groups in total. The van der Waals surface area contributed by atoms with Gasteiger partial charge in [0.15, 0.2) is 0 Å². The minimum Gasteiger partial charge on any atom is -0.395 e. The lowest BCUT2D eigenvalue weighted by Gasteiger charge is -2.08. The summed E-state index contributed by atoms with van der Waals surface area (Å²) in [5, 5.41) is 11.5. The fourth-order valence-corrected chi connectivity index (χ4v) is 1.79. The van der Waals surface area contributed by atoms with E-state index in [0.717, 1.165) is 16.8 Å². The van der Waals surface area contributed by atoms with Gasteiger partial charge >= 0.3 is 0 Å². The minimum atomic E-state index is -0.238. The Morgan fingerprint density at radius 2 is 2.19 bits per heavy atom. The number of aryl methyl sites for hydroxylation is 1. The topological polar surface area (TPSA) is 62.2 Å². The van der Waals surface area contributed by atoms with Crippen molar-refractivity contribution in [1.82, 2.24) is 4.98 Å². The molecule has 0 bridgehead atoms. The summed E-state index contributed by atoms with van der Waals surface area (Å²) in [4.78, 5) is 16.0. The molecule has 1 amide bonds. The SMILES string of the molecule is Cc1cc(C#CCCO)ccc1NC(=O)c1ccccn1. The number of aliphatic hydroxyl groups excluding tert-OH is 1. The second kappa shape index (κ2) is 7.22. The third-order valence-electron chi connectivity index (χ3n) is 2.84. The van der Waals surface area contributed by atoms with Crippen LogP contribution in [0.4, 0.5) is 5.69 Å². The lowest BCUT2D eigenvalue weighted by Crippen LogP contribution is -2.14. The van der Waals surface area contributed by atoms with Gasteiger partial charge in [-0.15, -0.1) is 0 Å². The summed E-state index contributed by atoms with van der Waals surface area (Å²) in [6.45, 7) is 1.97. The van der Waals surface area contributed by atoms with Gasteiger partial charge in [0.05, 0.1) is 6.61 Å². The van der Waals surface area contributed by atoms with Crippen LogP contribution in [-0.2, 0) is 0 Å². The molecule has 4 nitrogen and oxygen atoms in total. The van der Waals surface area contributed by atoms with E-state index >= 15 is 0 Å². The first-order valence-corrected chi connectivity index (χ1v) is 6.63. The molecule has 1 aromatic carbocycles. The van der Waals surface area contributed by atoms with E-state index in [1.807, 2.05) is 25.1 Å². The van der Waals surface area contributed by atoms with E-state index in [4.69, 9.17) is 5.11 Å². The summed E-state index contributed by atoms with van der Waals surface area (Å²) in [7, 11) is 0. The molecule has 0 saturated heterocycles. The highest BCUT2D eigenvalue weighted by Crippen LogP contribution is 2.16. The molecule has 0 fully saturated rings. The van der Waals surface area contributed by atoms with Crippen molar-refractivity contribution in [2.45, 2.75) is 13.3 Å². The third-order valence-corrected chi connectivity index (χ3v) is 2.84. The van der Waals surface area contributed by atoms with E-state index in [9.17, 15) is 4.79 Å². The van der Waals surface area contributed by atoms with Crippen LogP contribution in [0.15, 0.2) is 42.6 Å². The second-order valence-electron chi connectivity index (χ2n) is 4.47. The van der Waals surface area contributed by atoms with Crippen LogP contribution in [0.3, 0.4) is 0 Å². The average Bonchev–Trinajstić information content (AvgIpc) is 2.51. The highest BCUT2D eigenvalue weighted by Gasteiger charge is 2.08. The second-order valence-corrected chi connectivity index (χ2v) is 4.47. The molecule has 1 aromatic heterocycles. The zero-order valence-corrected chi connectivity index (χ0v) is 11.8. The lowest BCUT2D eigenvalue weighted by atomic mass is 10.1. The molecule has 2 aromatic rings. The number of hydrogen-bond donors (Lipinski definition) is 2. The van der Waals surface area contributed by atoms with Gasteiger partial charge in [0, 0.05) is 23.9 Å². The van der Waals surface area contributed by atoms with Crippen LogP contribution in [0.5, 0.6) is 0 Å². The smallest absolute Gasteiger partial charge is 0.274 e. The number of nitrogens with one attached hydrogen (secondary N) is 1. The number of nitrogens with zero attached hydrogens (tertiary/aromatic N) is 1. The van der Waals surface area contributed by atoms with E-state index in [1.165, 1.54) is 0 Å². The molecule has 106 valence electrons. The van der Waals surface area contributed by atoms with Crippen LogP contribution in [0.25, 0.3) is 0 Å². The number of aliphatic hydroxyl groups is 1. The highest BCUT2D eigenvalue weighted by molar-refractivity contribution is 6.03. The molecule has 0 aliphatic carbocycles. The Morgan fingerprint density at radius 3 is 2.86 bits per heavy atom. The molecule has 0 radical (unpaired) electrons. The molecule has 0 aliphatic rings. The van der Waals surface area contributed by atoms with Gasteiger partial charge in [-0.1, -0.05) is 17.9 Å². The van der Waals surface area contributed by atoms with Crippen molar-refractivity contribution < 1.29 is 9.90 Å². The van der Waals surface area contributed by atoms with Gasteiger partial charge in [-0.2, -0.15) is 0 Å². The molecule has 1 heterocycles. The molecular formula is C17H16N2O2. The lowest BCUT2D eigenvalue weighted by molar-refractivity contribution is 0.102. The molecule has 0 saturated carbocycles. The van der Waals surface area contributed by atoms with Crippen molar-refractivity contribution in [3.63, 3.8) is 0 Å². The predicted octanol–water partition coefficient (Wildman–Crippen LogP) is 2.38. The van der Waals surface area contributed by atoms with Crippen molar-refractivity contribution >= 4 is 11.6 Å². The van der Waals surface area contributed by atoms with Crippen molar-refractivity contribution in [3.8, 4) is 11.8 Å². The Labute approximate surface area is 123 Å². The van der Waals surface area contributed by atoms with E-state index in [2.05, 4.69) is 22.1 Å². The van der Waals surface area contributed by atoms with Gasteiger partial charge < -0.3 is 10.4 Å². The normalized spacial score (nSPS) is 9.62. The zero-order valence-electron chi connectivity index (χ0n) is 11.8. The molecule has 0 aliphatic heterocycles. The number of carbonyl (C=O) groups excluding carboxylic acids is 1. The van der Waals surface area contributed by atoms with Crippen molar-refractivity contribution in [2.24, 2.45) is 0 Å². The monoisotopic (exact) mass is 280 g/mol. The molecule has 21 heavy (non-hydrogen) atoms.